The number of primary amides is 1. The maximum atomic E-state index is 11.7. The first-order valence-electron chi connectivity index (χ1n) is 9.16. The van der Waals surface area contributed by atoms with Crippen LogP contribution in [0.3, 0.4) is 0 Å². The third kappa shape index (κ3) is 4.25. The molecule has 0 saturated heterocycles. The van der Waals surface area contributed by atoms with Crippen molar-refractivity contribution in [2.45, 2.75) is 18.8 Å². The second-order valence-electron chi connectivity index (χ2n) is 6.90. The minimum absolute atomic E-state index is 0.0121. The van der Waals surface area contributed by atoms with E-state index in [1.54, 1.807) is 0 Å². The van der Waals surface area contributed by atoms with Crippen LogP contribution in [0.5, 0.6) is 0 Å². The van der Waals surface area contributed by atoms with Crippen LogP contribution in [0.1, 0.15) is 23.7 Å². The van der Waals surface area contributed by atoms with Gasteiger partial charge in [-0.05, 0) is 63.4 Å². The number of imidazole rings is 1. The van der Waals surface area contributed by atoms with E-state index in [0.29, 0.717) is 12.8 Å². The molecule has 0 aliphatic rings. The van der Waals surface area contributed by atoms with Gasteiger partial charge in [0.1, 0.15) is 5.82 Å². The summed E-state index contributed by atoms with van der Waals surface area (Å²) in [6.45, 7) is 0. The van der Waals surface area contributed by atoms with Crippen LogP contribution in [0.4, 0.5) is 0 Å². The fourth-order valence-corrected chi connectivity index (χ4v) is 3.99. The molecule has 0 radical (unpaired) electrons. The number of carbonyl (C=O) groups excluding carboxylic acids is 1. The molecule has 0 fully saturated rings. The van der Waals surface area contributed by atoms with E-state index >= 15 is 0 Å². The summed E-state index contributed by atoms with van der Waals surface area (Å²) < 4.78 is 1.16. The van der Waals surface area contributed by atoms with Crippen molar-refractivity contribution in [2.24, 2.45) is 5.73 Å². The molecule has 0 saturated carbocycles. The van der Waals surface area contributed by atoms with Gasteiger partial charge in [0.25, 0.3) is 0 Å². The van der Waals surface area contributed by atoms with E-state index in [1.807, 2.05) is 30.3 Å². The maximum absolute atomic E-state index is 11.7. The van der Waals surface area contributed by atoms with Gasteiger partial charge in [0.15, 0.2) is 0 Å². The van der Waals surface area contributed by atoms with Crippen molar-refractivity contribution in [1.29, 1.82) is 0 Å². The summed E-state index contributed by atoms with van der Waals surface area (Å²) in [5.41, 5.74) is 10.9. The Morgan fingerprint density at radius 1 is 1.00 bits per heavy atom. The van der Waals surface area contributed by atoms with E-state index in [0.717, 1.165) is 31.6 Å². The molecule has 3 aromatic carbocycles. The molecule has 140 valence electrons. The van der Waals surface area contributed by atoms with Crippen molar-refractivity contribution < 1.29 is 4.79 Å². The minimum atomic E-state index is -0.303. The average molecular weight is 481 g/mol. The summed E-state index contributed by atoms with van der Waals surface area (Å²) in [6.07, 6.45) is 0.929. The normalized spacial score (nSPS) is 12.2. The number of benzene rings is 3. The molecule has 1 heterocycles. The molecular formula is C23H20IN3O. The van der Waals surface area contributed by atoms with Crippen molar-refractivity contribution in [2.75, 3.05) is 0 Å². The molecule has 1 unspecified atom stereocenters. The quantitative estimate of drug-likeness (QED) is 0.379. The summed E-state index contributed by atoms with van der Waals surface area (Å²) in [5, 5.41) is 0. The predicted octanol–water partition coefficient (Wildman–Crippen LogP) is 5.04. The fraction of sp³-hybridized carbons (Fsp3) is 0.130. The van der Waals surface area contributed by atoms with Crippen molar-refractivity contribution in [3.63, 3.8) is 0 Å². The fourth-order valence-electron chi connectivity index (χ4n) is 3.49. The van der Waals surface area contributed by atoms with Crippen LogP contribution < -0.4 is 5.73 Å². The van der Waals surface area contributed by atoms with Crippen LogP contribution in [0.25, 0.3) is 22.2 Å². The lowest BCUT2D eigenvalue weighted by Gasteiger charge is -2.15. The van der Waals surface area contributed by atoms with Gasteiger partial charge in [-0.2, -0.15) is 0 Å². The zero-order chi connectivity index (χ0) is 19.5. The van der Waals surface area contributed by atoms with Gasteiger partial charge in [-0.3, -0.25) is 4.79 Å². The molecule has 0 spiro atoms. The number of nitrogens with two attached hydrogens (primary N) is 1. The number of amides is 1. The Morgan fingerprint density at radius 2 is 1.71 bits per heavy atom. The minimum Gasteiger partial charge on any atom is -0.370 e. The smallest absolute Gasteiger partial charge is 0.218 e. The van der Waals surface area contributed by atoms with E-state index in [-0.39, 0.29) is 11.8 Å². The summed E-state index contributed by atoms with van der Waals surface area (Å²) in [4.78, 5) is 19.7. The zero-order valence-corrected chi connectivity index (χ0v) is 17.4. The van der Waals surface area contributed by atoms with Gasteiger partial charge in [0.05, 0.1) is 11.0 Å². The number of hydrogen-bond acceptors (Lipinski definition) is 2. The lowest BCUT2D eigenvalue weighted by molar-refractivity contribution is -0.118. The van der Waals surface area contributed by atoms with Crippen molar-refractivity contribution >= 4 is 39.5 Å². The van der Waals surface area contributed by atoms with Gasteiger partial charge < -0.3 is 10.7 Å². The number of halogens is 1. The summed E-state index contributed by atoms with van der Waals surface area (Å²) in [5.74, 6) is 0.556. The standard InChI is InChI=1S/C23H20IN3O/c24-19-10-11-20-21(14-19)27-23(26-20)13-18(12-22(25)28)17-8-6-16(7-9-17)15-4-2-1-3-5-15/h1-11,14,18H,12-13H2,(H2,25,28)(H,26,27). The van der Waals surface area contributed by atoms with E-state index in [2.05, 4.69) is 75.0 Å². The first kappa shape index (κ1) is 18.7. The molecule has 1 aromatic heterocycles. The van der Waals surface area contributed by atoms with Crippen LogP contribution in [0, 0.1) is 3.57 Å². The molecule has 0 aliphatic carbocycles. The molecule has 1 amide bonds. The molecule has 4 rings (SSSR count). The summed E-state index contributed by atoms with van der Waals surface area (Å²) >= 11 is 2.29. The predicted molar refractivity (Wildman–Crippen MR) is 121 cm³/mol. The van der Waals surface area contributed by atoms with Gasteiger partial charge in [-0.15, -0.1) is 0 Å². The van der Waals surface area contributed by atoms with Gasteiger partial charge in [-0.25, -0.2) is 4.98 Å². The molecule has 0 bridgehead atoms. The second kappa shape index (κ2) is 8.14. The number of hydrogen-bond donors (Lipinski definition) is 2. The molecule has 4 aromatic rings. The second-order valence-corrected chi connectivity index (χ2v) is 8.15. The molecular weight excluding hydrogens is 461 g/mol. The highest BCUT2D eigenvalue weighted by molar-refractivity contribution is 14.1. The average Bonchev–Trinajstić information content (AvgIpc) is 3.09. The third-order valence-corrected chi connectivity index (χ3v) is 5.54. The highest BCUT2D eigenvalue weighted by Gasteiger charge is 2.18. The van der Waals surface area contributed by atoms with Gasteiger partial charge in [0, 0.05) is 16.4 Å². The summed E-state index contributed by atoms with van der Waals surface area (Å²) in [7, 11) is 0. The Kier molecular flexibility index (Phi) is 5.43. The number of fused-ring (bicyclic) bond motifs is 1. The van der Waals surface area contributed by atoms with Crippen LogP contribution in [-0.2, 0) is 11.2 Å². The Labute approximate surface area is 177 Å². The number of nitrogens with one attached hydrogen (secondary N) is 1. The number of aromatic nitrogens is 2. The van der Waals surface area contributed by atoms with Crippen LogP contribution >= 0.6 is 22.6 Å². The van der Waals surface area contributed by atoms with Gasteiger partial charge in [0.2, 0.25) is 5.91 Å². The topological polar surface area (TPSA) is 71.8 Å². The van der Waals surface area contributed by atoms with E-state index < -0.39 is 0 Å². The van der Waals surface area contributed by atoms with E-state index in [4.69, 9.17) is 5.73 Å². The Bertz CT molecular complexity index is 1100. The Morgan fingerprint density at radius 3 is 2.43 bits per heavy atom. The molecule has 4 nitrogen and oxygen atoms in total. The zero-order valence-electron chi connectivity index (χ0n) is 15.2. The van der Waals surface area contributed by atoms with E-state index in [9.17, 15) is 4.79 Å². The SMILES string of the molecule is NC(=O)CC(Cc1nc2ccc(I)cc2[nH]1)c1ccc(-c2ccccc2)cc1. The summed E-state index contributed by atoms with van der Waals surface area (Å²) in [6, 6.07) is 24.7. The lowest BCUT2D eigenvalue weighted by Crippen LogP contribution is -2.17. The monoisotopic (exact) mass is 481 g/mol. The molecule has 1 atom stereocenters. The lowest BCUT2D eigenvalue weighted by atomic mass is 9.90. The van der Waals surface area contributed by atoms with Crippen LogP contribution in [0.15, 0.2) is 72.8 Å². The Balaban J connectivity index is 1.61. The van der Waals surface area contributed by atoms with Gasteiger partial charge in [-0.1, -0.05) is 54.6 Å². The molecule has 0 aliphatic heterocycles. The number of aromatic amines is 1. The largest absolute Gasteiger partial charge is 0.370 e. The van der Waals surface area contributed by atoms with Crippen molar-refractivity contribution in [3.05, 3.63) is 87.8 Å². The maximum Gasteiger partial charge on any atom is 0.218 e. The third-order valence-electron chi connectivity index (χ3n) is 4.87. The van der Waals surface area contributed by atoms with Gasteiger partial charge >= 0.3 is 0 Å². The Hall–Kier alpha value is -2.67. The van der Waals surface area contributed by atoms with E-state index in [1.165, 1.54) is 5.56 Å². The highest BCUT2D eigenvalue weighted by Crippen LogP contribution is 2.27. The molecule has 28 heavy (non-hydrogen) atoms. The number of H-pyrrole nitrogens is 1. The van der Waals surface area contributed by atoms with Crippen molar-refractivity contribution in [3.8, 4) is 11.1 Å². The molecule has 5 heteroatoms. The van der Waals surface area contributed by atoms with Crippen molar-refractivity contribution in [1.82, 2.24) is 9.97 Å². The number of nitrogens with zero attached hydrogens (tertiary/aromatic N) is 1. The number of carbonyl (C=O) groups is 1. The number of rotatable bonds is 6. The highest BCUT2D eigenvalue weighted by atomic mass is 127. The first-order chi connectivity index (χ1) is 13.6. The molecule has 3 N–H and O–H groups in total. The van der Waals surface area contributed by atoms with Crippen LogP contribution in [0.2, 0.25) is 0 Å². The first-order valence-corrected chi connectivity index (χ1v) is 10.2. The van der Waals surface area contributed by atoms with Crippen LogP contribution in [-0.4, -0.2) is 15.9 Å².